The lowest BCUT2D eigenvalue weighted by Crippen LogP contribution is -2.50. The molecule has 1 aromatic rings. The summed E-state index contributed by atoms with van der Waals surface area (Å²) in [6, 6.07) is 9.21. The third-order valence-electron chi connectivity index (χ3n) is 3.12. The Labute approximate surface area is 125 Å². The minimum atomic E-state index is -1.08. The summed E-state index contributed by atoms with van der Waals surface area (Å²) in [4.78, 5) is 25.0. The summed E-state index contributed by atoms with van der Waals surface area (Å²) in [6.45, 7) is 2.03. The number of nitrogens with two attached hydrogens (primary N) is 1. The number of hydrogen-bond donors (Lipinski definition) is 2. The van der Waals surface area contributed by atoms with Crippen LogP contribution in [0.25, 0.3) is 0 Å². The maximum Gasteiger partial charge on any atom is 0.246 e. The van der Waals surface area contributed by atoms with Crippen LogP contribution in [0.2, 0.25) is 0 Å². The zero-order chi connectivity index (χ0) is 14.5. The Bertz CT molecular complexity index is 449. The SMILES string of the molecule is CNC(=O)CCN(C)C(=O)C(C)(N)c1ccccc1.Cl. The normalized spacial score (nSPS) is 12.8. The standard InChI is InChI=1S/C14H21N3O2.ClH/c1-14(15,11-7-5-4-6-8-11)13(19)17(3)10-9-12(18)16-2;/h4-8H,9-10,15H2,1-3H3,(H,16,18);1H. The molecule has 0 aromatic heterocycles. The highest BCUT2D eigenvalue weighted by atomic mass is 35.5. The lowest BCUT2D eigenvalue weighted by atomic mass is 9.92. The Morgan fingerprint density at radius 2 is 1.85 bits per heavy atom. The van der Waals surface area contributed by atoms with Crippen LogP contribution in [-0.2, 0) is 15.1 Å². The topological polar surface area (TPSA) is 75.4 Å². The Hall–Kier alpha value is -1.59. The smallest absolute Gasteiger partial charge is 0.246 e. The van der Waals surface area contributed by atoms with E-state index in [1.54, 1.807) is 21.0 Å². The number of nitrogens with one attached hydrogen (secondary N) is 1. The van der Waals surface area contributed by atoms with Gasteiger partial charge in [-0.15, -0.1) is 12.4 Å². The van der Waals surface area contributed by atoms with Gasteiger partial charge >= 0.3 is 0 Å². The highest BCUT2D eigenvalue weighted by Gasteiger charge is 2.32. The van der Waals surface area contributed by atoms with Gasteiger partial charge in [0.2, 0.25) is 11.8 Å². The van der Waals surface area contributed by atoms with Gasteiger partial charge in [0.15, 0.2) is 0 Å². The number of rotatable bonds is 5. The van der Waals surface area contributed by atoms with Gasteiger partial charge in [-0.05, 0) is 12.5 Å². The van der Waals surface area contributed by atoms with E-state index in [1.807, 2.05) is 30.3 Å². The molecule has 112 valence electrons. The monoisotopic (exact) mass is 299 g/mol. The number of nitrogens with zero attached hydrogens (tertiary/aromatic N) is 1. The molecule has 5 nitrogen and oxygen atoms in total. The summed E-state index contributed by atoms with van der Waals surface area (Å²) >= 11 is 0. The number of likely N-dealkylation sites (N-methyl/N-ethyl adjacent to an activating group) is 1. The van der Waals surface area contributed by atoms with Gasteiger partial charge < -0.3 is 16.0 Å². The first kappa shape index (κ1) is 18.4. The van der Waals surface area contributed by atoms with Gasteiger partial charge in [0, 0.05) is 27.1 Å². The fraction of sp³-hybridized carbons (Fsp3) is 0.429. The molecule has 1 atom stereocenters. The Morgan fingerprint density at radius 1 is 1.30 bits per heavy atom. The van der Waals surface area contributed by atoms with E-state index in [4.69, 9.17) is 5.73 Å². The fourth-order valence-corrected chi connectivity index (χ4v) is 1.80. The van der Waals surface area contributed by atoms with Crippen LogP contribution in [0.3, 0.4) is 0 Å². The largest absolute Gasteiger partial charge is 0.359 e. The molecular weight excluding hydrogens is 278 g/mol. The van der Waals surface area contributed by atoms with Crippen molar-refractivity contribution >= 4 is 24.2 Å². The average molecular weight is 300 g/mol. The predicted octanol–water partition coefficient (Wildman–Crippen LogP) is 0.877. The molecule has 20 heavy (non-hydrogen) atoms. The average Bonchev–Trinajstić information content (AvgIpc) is 2.44. The summed E-state index contributed by atoms with van der Waals surface area (Å²) < 4.78 is 0. The second-order valence-corrected chi connectivity index (χ2v) is 4.72. The van der Waals surface area contributed by atoms with Crippen molar-refractivity contribution in [2.45, 2.75) is 18.9 Å². The molecule has 0 bridgehead atoms. The number of amides is 2. The van der Waals surface area contributed by atoms with Crippen molar-refractivity contribution in [3.05, 3.63) is 35.9 Å². The molecule has 1 unspecified atom stereocenters. The van der Waals surface area contributed by atoms with Crippen molar-refractivity contribution in [2.24, 2.45) is 5.73 Å². The lowest BCUT2D eigenvalue weighted by molar-refractivity contribution is -0.135. The third kappa shape index (κ3) is 4.51. The molecule has 3 N–H and O–H groups in total. The van der Waals surface area contributed by atoms with Crippen molar-refractivity contribution in [3.8, 4) is 0 Å². The molecule has 1 aromatic carbocycles. The molecule has 0 heterocycles. The Kier molecular flexibility index (Phi) is 7.24. The Balaban J connectivity index is 0.00000361. The molecule has 0 spiro atoms. The van der Waals surface area contributed by atoms with Crippen LogP contribution in [0.15, 0.2) is 30.3 Å². The zero-order valence-corrected chi connectivity index (χ0v) is 12.9. The first-order valence-electron chi connectivity index (χ1n) is 6.20. The fourth-order valence-electron chi connectivity index (χ4n) is 1.80. The van der Waals surface area contributed by atoms with Crippen molar-refractivity contribution in [1.82, 2.24) is 10.2 Å². The van der Waals surface area contributed by atoms with Gasteiger partial charge in [0.25, 0.3) is 0 Å². The Morgan fingerprint density at radius 3 is 2.35 bits per heavy atom. The number of benzene rings is 1. The minimum Gasteiger partial charge on any atom is -0.359 e. The highest BCUT2D eigenvalue weighted by Crippen LogP contribution is 2.19. The van der Waals surface area contributed by atoms with E-state index in [9.17, 15) is 9.59 Å². The summed E-state index contributed by atoms with van der Waals surface area (Å²) in [6.07, 6.45) is 0.267. The van der Waals surface area contributed by atoms with Crippen molar-refractivity contribution in [3.63, 3.8) is 0 Å². The first-order chi connectivity index (χ1) is 8.89. The van der Waals surface area contributed by atoms with Crippen LogP contribution in [0, 0.1) is 0 Å². The van der Waals surface area contributed by atoms with E-state index >= 15 is 0 Å². The molecule has 0 fully saturated rings. The number of hydrogen-bond acceptors (Lipinski definition) is 3. The van der Waals surface area contributed by atoms with Crippen molar-refractivity contribution < 1.29 is 9.59 Å². The summed E-state index contributed by atoms with van der Waals surface area (Å²) in [5.41, 5.74) is 5.80. The van der Waals surface area contributed by atoms with E-state index < -0.39 is 5.54 Å². The number of carbonyl (C=O) groups is 2. The van der Waals surface area contributed by atoms with E-state index in [-0.39, 0.29) is 30.6 Å². The van der Waals surface area contributed by atoms with Gasteiger partial charge in [0.1, 0.15) is 5.54 Å². The molecule has 0 saturated heterocycles. The van der Waals surface area contributed by atoms with Crippen LogP contribution in [0.4, 0.5) is 0 Å². The summed E-state index contributed by atoms with van der Waals surface area (Å²) in [5.74, 6) is -0.305. The van der Waals surface area contributed by atoms with Gasteiger partial charge in [-0.25, -0.2) is 0 Å². The summed E-state index contributed by atoms with van der Waals surface area (Å²) in [7, 11) is 3.22. The molecule has 0 aliphatic heterocycles. The molecule has 1 rings (SSSR count). The molecule has 0 aliphatic rings. The van der Waals surface area contributed by atoms with Gasteiger partial charge in [-0.3, -0.25) is 9.59 Å². The second kappa shape index (κ2) is 7.87. The van der Waals surface area contributed by atoms with E-state index in [0.717, 1.165) is 5.56 Å². The van der Waals surface area contributed by atoms with Gasteiger partial charge in [-0.2, -0.15) is 0 Å². The zero-order valence-electron chi connectivity index (χ0n) is 12.1. The molecule has 0 radical (unpaired) electrons. The molecule has 0 aliphatic carbocycles. The minimum absolute atomic E-state index is 0. The maximum atomic E-state index is 12.3. The first-order valence-corrected chi connectivity index (χ1v) is 6.20. The van der Waals surface area contributed by atoms with Crippen molar-refractivity contribution in [2.75, 3.05) is 20.6 Å². The lowest BCUT2D eigenvalue weighted by Gasteiger charge is -2.29. The van der Waals surface area contributed by atoms with E-state index in [2.05, 4.69) is 5.32 Å². The molecular formula is C14H22ClN3O2. The van der Waals surface area contributed by atoms with E-state index in [1.165, 1.54) is 4.90 Å². The third-order valence-corrected chi connectivity index (χ3v) is 3.12. The molecule has 6 heteroatoms. The van der Waals surface area contributed by atoms with Crippen molar-refractivity contribution in [1.29, 1.82) is 0 Å². The predicted molar refractivity (Wildman–Crippen MR) is 81.6 cm³/mol. The van der Waals surface area contributed by atoms with Crippen LogP contribution >= 0.6 is 12.4 Å². The van der Waals surface area contributed by atoms with Crippen LogP contribution in [0.1, 0.15) is 18.9 Å². The highest BCUT2D eigenvalue weighted by molar-refractivity contribution is 5.87. The molecule has 0 saturated carbocycles. The van der Waals surface area contributed by atoms with E-state index in [0.29, 0.717) is 6.54 Å². The summed E-state index contributed by atoms with van der Waals surface area (Å²) in [5, 5.41) is 2.52. The van der Waals surface area contributed by atoms with Gasteiger partial charge in [-0.1, -0.05) is 30.3 Å². The second-order valence-electron chi connectivity index (χ2n) is 4.72. The number of halogens is 1. The maximum absolute atomic E-state index is 12.3. The van der Waals surface area contributed by atoms with Crippen LogP contribution in [0.5, 0.6) is 0 Å². The van der Waals surface area contributed by atoms with Crippen LogP contribution < -0.4 is 11.1 Å². The number of carbonyl (C=O) groups excluding carboxylic acids is 2. The van der Waals surface area contributed by atoms with Gasteiger partial charge in [0.05, 0.1) is 0 Å². The van der Waals surface area contributed by atoms with Crippen LogP contribution in [-0.4, -0.2) is 37.4 Å². The quantitative estimate of drug-likeness (QED) is 0.847. The molecule has 2 amide bonds.